The number of benzene rings is 1. The van der Waals surface area contributed by atoms with E-state index >= 15 is 0 Å². The molecule has 1 N–H and O–H groups in total. The highest BCUT2D eigenvalue weighted by Gasteiger charge is 2.21. The lowest BCUT2D eigenvalue weighted by molar-refractivity contribution is 0.217. The van der Waals surface area contributed by atoms with Crippen molar-refractivity contribution in [3.8, 4) is 0 Å². The highest BCUT2D eigenvalue weighted by Crippen LogP contribution is 2.33. The summed E-state index contributed by atoms with van der Waals surface area (Å²) in [7, 11) is 0. The van der Waals surface area contributed by atoms with Gasteiger partial charge < -0.3 is 5.11 Å². The quantitative estimate of drug-likeness (QED) is 0.883. The number of thiophene rings is 1. The summed E-state index contributed by atoms with van der Waals surface area (Å²) < 4.78 is 14.0. The van der Waals surface area contributed by atoms with Gasteiger partial charge in [0, 0.05) is 10.4 Å². The molecule has 2 aromatic rings. The minimum atomic E-state index is -0.861. The fraction of sp³-hybridized carbons (Fsp3) is 0.333. The monoisotopic (exact) mass is 264 g/mol. The van der Waals surface area contributed by atoms with Crippen LogP contribution < -0.4 is 0 Å². The molecule has 18 heavy (non-hydrogen) atoms. The molecule has 96 valence electrons. The summed E-state index contributed by atoms with van der Waals surface area (Å²) in [5.74, 6) is -0.324. The van der Waals surface area contributed by atoms with Crippen molar-refractivity contribution >= 4 is 11.3 Å². The van der Waals surface area contributed by atoms with E-state index in [1.807, 2.05) is 38.3 Å². The Bertz CT molecular complexity index is 536. The Kier molecular flexibility index (Phi) is 3.83. The maximum atomic E-state index is 14.0. The SMILES string of the molecule is CCc1ccsc1C(O)c1c(C)cc(C)cc1F. The van der Waals surface area contributed by atoms with Crippen LogP contribution in [0.25, 0.3) is 0 Å². The second-order valence-electron chi connectivity index (χ2n) is 4.54. The van der Waals surface area contributed by atoms with Crippen LogP contribution in [0.4, 0.5) is 4.39 Å². The summed E-state index contributed by atoms with van der Waals surface area (Å²) >= 11 is 1.48. The maximum absolute atomic E-state index is 14.0. The average molecular weight is 264 g/mol. The molecule has 0 aliphatic rings. The van der Waals surface area contributed by atoms with E-state index < -0.39 is 6.10 Å². The number of hydrogen-bond acceptors (Lipinski definition) is 2. The fourth-order valence-electron chi connectivity index (χ4n) is 2.28. The van der Waals surface area contributed by atoms with Gasteiger partial charge in [-0.15, -0.1) is 11.3 Å². The van der Waals surface area contributed by atoms with E-state index in [0.717, 1.165) is 28.0 Å². The van der Waals surface area contributed by atoms with E-state index in [4.69, 9.17) is 0 Å². The van der Waals surface area contributed by atoms with Crippen LogP contribution >= 0.6 is 11.3 Å². The lowest BCUT2D eigenvalue weighted by Gasteiger charge is -2.15. The Hall–Kier alpha value is -1.19. The largest absolute Gasteiger partial charge is 0.383 e. The van der Waals surface area contributed by atoms with Gasteiger partial charge in [-0.05, 0) is 54.5 Å². The summed E-state index contributed by atoms with van der Waals surface area (Å²) in [6.45, 7) is 5.74. The van der Waals surface area contributed by atoms with Crippen LogP contribution in [-0.4, -0.2) is 5.11 Å². The van der Waals surface area contributed by atoms with Crippen LogP contribution in [0, 0.1) is 19.7 Å². The van der Waals surface area contributed by atoms with E-state index in [1.165, 1.54) is 17.4 Å². The number of aryl methyl sites for hydroxylation is 3. The molecule has 0 spiro atoms. The smallest absolute Gasteiger partial charge is 0.129 e. The molecule has 1 atom stereocenters. The molecular formula is C15H17FOS. The van der Waals surface area contributed by atoms with Gasteiger partial charge in [0.05, 0.1) is 0 Å². The first-order chi connectivity index (χ1) is 8.54. The zero-order valence-electron chi connectivity index (χ0n) is 10.8. The van der Waals surface area contributed by atoms with Crippen molar-refractivity contribution < 1.29 is 9.50 Å². The molecule has 1 nitrogen and oxygen atoms in total. The lowest BCUT2D eigenvalue weighted by Crippen LogP contribution is -2.06. The highest BCUT2D eigenvalue weighted by atomic mass is 32.1. The first-order valence-electron chi connectivity index (χ1n) is 6.05. The van der Waals surface area contributed by atoms with E-state index in [0.29, 0.717) is 5.56 Å². The minimum absolute atomic E-state index is 0.324. The van der Waals surface area contributed by atoms with E-state index in [-0.39, 0.29) is 5.82 Å². The molecule has 0 aliphatic carbocycles. The van der Waals surface area contributed by atoms with Crippen LogP contribution in [-0.2, 0) is 6.42 Å². The molecule has 0 saturated carbocycles. The molecule has 1 aromatic carbocycles. The predicted octanol–water partition coefficient (Wildman–Crippen LogP) is 4.15. The number of halogens is 1. The third-order valence-electron chi connectivity index (χ3n) is 3.16. The van der Waals surface area contributed by atoms with Gasteiger partial charge in [-0.3, -0.25) is 0 Å². The molecule has 0 amide bonds. The second kappa shape index (κ2) is 5.21. The van der Waals surface area contributed by atoms with Gasteiger partial charge in [0.1, 0.15) is 11.9 Å². The van der Waals surface area contributed by atoms with Gasteiger partial charge in [-0.2, -0.15) is 0 Å². The molecule has 1 heterocycles. The molecule has 0 radical (unpaired) electrons. The fourth-order valence-corrected chi connectivity index (χ4v) is 3.27. The molecule has 0 fully saturated rings. The Morgan fingerprint density at radius 3 is 2.67 bits per heavy atom. The van der Waals surface area contributed by atoms with Crippen LogP contribution in [0.5, 0.6) is 0 Å². The third-order valence-corrected chi connectivity index (χ3v) is 4.18. The summed E-state index contributed by atoms with van der Waals surface area (Å²) in [4.78, 5) is 0.850. The number of aliphatic hydroxyl groups excluding tert-OH is 1. The summed E-state index contributed by atoms with van der Waals surface area (Å²) in [5, 5.41) is 12.4. The van der Waals surface area contributed by atoms with Crippen molar-refractivity contribution in [3.05, 3.63) is 56.5 Å². The Morgan fingerprint density at radius 2 is 2.06 bits per heavy atom. The van der Waals surface area contributed by atoms with Crippen molar-refractivity contribution in [2.75, 3.05) is 0 Å². The second-order valence-corrected chi connectivity index (χ2v) is 5.49. The lowest BCUT2D eigenvalue weighted by atomic mass is 9.97. The van der Waals surface area contributed by atoms with Crippen LogP contribution in [0.3, 0.4) is 0 Å². The Balaban J connectivity index is 2.49. The summed E-state index contributed by atoms with van der Waals surface area (Å²) in [6.07, 6.45) is -0.0110. The third kappa shape index (κ3) is 2.33. The highest BCUT2D eigenvalue weighted by molar-refractivity contribution is 7.10. The van der Waals surface area contributed by atoms with Crippen LogP contribution in [0.15, 0.2) is 23.6 Å². The number of rotatable bonds is 3. The van der Waals surface area contributed by atoms with E-state index in [2.05, 4.69) is 0 Å². The van der Waals surface area contributed by atoms with Gasteiger partial charge in [-0.25, -0.2) is 4.39 Å². The van der Waals surface area contributed by atoms with Crippen LogP contribution in [0.1, 0.15) is 40.2 Å². The average Bonchev–Trinajstić information content (AvgIpc) is 2.75. The van der Waals surface area contributed by atoms with Gasteiger partial charge in [-0.1, -0.05) is 13.0 Å². The molecule has 2 rings (SSSR count). The zero-order valence-corrected chi connectivity index (χ0v) is 11.6. The predicted molar refractivity (Wildman–Crippen MR) is 73.6 cm³/mol. The molecule has 0 bridgehead atoms. The Labute approximate surface area is 111 Å². The van der Waals surface area contributed by atoms with Gasteiger partial charge >= 0.3 is 0 Å². The maximum Gasteiger partial charge on any atom is 0.129 e. The minimum Gasteiger partial charge on any atom is -0.383 e. The first kappa shape index (κ1) is 13.2. The zero-order chi connectivity index (χ0) is 13.3. The molecule has 1 unspecified atom stereocenters. The van der Waals surface area contributed by atoms with Gasteiger partial charge in [0.2, 0.25) is 0 Å². The first-order valence-corrected chi connectivity index (χ1v) is 6.93. The van der Waals surface area contributed by atoms with Crippen molar-refractivity contribution in [1.82, 2.24) is 0 Å². The molecule has 1 aromatic heterocycles. The van der Waals surface area contributed by atoms with E-state index in [9.17, 15) is 9.50 Å². The van der Waals surface area contributed by atoms with E-state index in [1.54, 1.807) is 0 Å². The molecule has 0 saturated heterocycles. The summed E-state index contributed by atoms with van der Waals surface area (Å²) in [5.41, 5.74) is 3.17. The summed E-state index contributed by atoms with van der Waals surface area (Å²) in [6, 6.07) is 5.37. The van der Waals surface area contributed by atoms with Gasteiger partial charge in [0.25, 0.3) is 0 Å². The molecular weight excluding hydrogens is 247 g/mol. The van der Waals surface area contributed by atoms with Crippen molar-refractivity contribution in [2.45, 2.75) is 33.3 Å². The number of hydrogen-bond donors (Lipinski definition) is 1. The van der Waals surface area contributed by atoms with Crippen molar-refractivity contribution in [2.24, 2.45) is 0 Å². The van der Waals surface area contributed by atoms with Crippen molar-refractivity contribution in [3.63, 3.8) is 0 Å². The molecule has 3 heteroatoms. The van der Waals surface area contributed by atoms with Crippen molar-refractivity contribution in [1.29, 1.82) is 0 Å². The Morgan fingerprint density at radius 1 is 1.33 bits per heavy atom. The van der Waals surface area contributed by atoms with Crippen LogP contribution in [0.2, 0.25) is 0 Å². The number of aliphatic hydroxyl groups is 1. The normalized spacial score (nSPS) is 12.7. The topological polar surface area (TPSA) is 20.2 Å². The standard InChI is InChI=1S/C15H17FOS/c1-4-11-5-6-18-15(11)14(17)13-10(3)7-9(2)8-12(13)16/h5-8,14,17H,4H2,1-3H3. The molecule has 0 aliphatic heterocycles. The van der Waals surface area contributed by atoms with Gasteiger partial charge in [0.15, 0.2) is 0 Å².